The third kappa shape index (κ3) is 3.47. The van der Waals surface area contributed by atoms with Crippen molar-refractivity contribution in [3.63, 3.8) is 0 Å². The highest BCUT2D eigenvalue weighted by atomic mass is 16.4. The van der Waals surface area contributed by atoms with E-state index in [2.05, 4.69) is 10.2 Å². The molecule has 0 bridgehead atoms. The summed E-state index contributed by atoms with van der Waals surface area (Å²) in [7, 11) is 0. The first-order chi connectivity index (χ1) is 7.19. The average molecular weight is 214 g/mol. The fraction of sp³-hybridized carbons (Fsp3) is 0.909. The summed E-state index contributed by atoms with van der Waals surface area (Å²) in [5.41, 5.74) is 0. The van der Waals surface area contributed by atoms with E-state index in [1.807, 2.05) is 13.8 Å². The molecule has 0 radical (unpaired) electrons. The lowest BCUT2D eigenvalue weighted by molar-refractivity contribution is -0.143. The molecule has 0 saturated carbocycles. The van der Waals surface area contributed by atoms with Gasteiger partial charge in [0.2, 0.25) is 0 Å². The van der Waals surface area contributed by atoms with E-state index < -0.39 is 5.97 Å². The number of aliphatic carboxylic acids is 1. The molecule has 1 heterocycles. The molecule has 4 heteroatoms. The van der Waals surface area contributed by atoms with E-state index in [-0.39, 0.29) is 6.04 Å². The smallest absolute Gasteiger partial charge is 0.320 e. The Morgan fingerprint density at radius 1 is 1.60 bits per heavy atom. The summed E-state index contributed by atoms with van der Waals surface area (Å²) < 4.78 is 0. The van der Waals surface area contributed by atoms with Crippen LogP contribution >= 0.6 is 0 Å². The van der Waals surface area contributed by atoms with Crippen LogP contribution in [0.2, 0.25) is 0 Å². The van der Waals surface area contributed by atoms with Gasteiger partial charge >= 0.3 is 5.97 Å². The molecule has 0 aromatic carbocycles. The van der Waals surface area contributed by atoms with Crippen molar-refractivity contribution in [2.24, 2.45) is 0 Å². The zero-order chi connectivity index (χ0) is 11.3. The summed E-state index contributed by atoms with van der Waals surface area (Å²) in [5, 5.41) is 12.5. The van der Waals surface area contributed by atoms with Gasteiger partial charge in [-0.05, 0) is 32.4 Å². The lowest BCUT2D eigenvalue weighted by Gasteiger charge is -2.29. The van der Waals surface area contributed by atoms with E-state index in [9.17, 15) is 4.79 Å². The second-order valence-electron chi connectivity index (χ2n) is 4.14. The highest BCUT2D eigenvalue weighted by Crippen LogP contribution is 2.11. The highest BCUT2D eigenvalue weighted by molar-refractivity contribution is 5.73. The van der Waals surface area contributed by atoms with Crippen molar-refractivity contribution in [2.75, 3.05) is 19.6 Å². The second kappa shape index (κ2) is 6.08. The van der Waals surface area contributed by atoms with E-state index in [4.69, 9.17) is 5.11 Å². The van der Waals surface area contributed by atoms with Crippen LogP contribution in [0.15, 0.2) is 0 Å². The van der Waals surface area contributed by atoms with Gasteiger partial charge in [0.05, 0.1) is 0 Å². The summed E-state index contributed by atoms with van der Waals surface area (Å²) in [6, 6.07) is 0.163. The Morgan fingerprint density at radius 2 is 2.33 bits per heavy atom. The van der Waals surface area contributed by atoms with Gasteiger partial charge < -0.3 is 10.4 Å². The summed E-state index contributed by atoms with van der Waals surface area (Å²) in [5.74, 6) is -0.697. The molecule has 0 amide bonds. The van der Waals surface area contributed by atoms with Crippen molar-refractivity contribution in [3.8, 4) is 0 Å². The Kier molecular flexibility index (Phi) is 5.05. The normalized spacial score (nSPS) is 23.3. The molecule has 2 N–H and O–H groups in total. The van der Waals surface area contributed by atoms with E-state index in [0.29, 0.717) is 12.5 Å². The molecule has 15 heavy (non-hydrogen) atoms. The summed E-state index contributed by atoms with van der Waals surface area (Å²) in [6.45, 7) is 6.71. The molecule has 2 unspecified atom stereocenters. The van der Waals surface area contributed by atoms with Gasteiger partial charge in [-0.15, -0.1) is 0 Å². The van der Waals surface area contributed by atoms with Gasteiger partial charge in [-0.25, -0.2) is 0 Å². The van der Waals surface area contributed by atoms with Crippen LogP contribution in [0, 0.1) is 0 Å². The molecule has 1 saturated heterocycles. The minimum atomic E-state index is -0.697. The Labute approximate surface area is 91.6 Å². The predicted octanol–water partition coefficient (Wildman–Crippen LogP) is 0.923. The third-order valence-corrected chi connectivity index (χ3v) is 3.14. The molecule has 1 rings (SSSR count). The molecule has 1 aliphatic rings. The molecule has 2 atom stereocenters. The Morgan fingerprint density at radius 3 is 2.73 bits per heavy atom. The number of carboxylic acid groups (broad SMARTS) is 1. The maximum absolute atomic E-state index is 11.0. The number of nitrogens with one attached hydrogen (secondary N) is 1. The zero-order valence-electron chi connectivity index (χ0n) is 9.70. The number of carbonyl (C=O) groups is 1. The Bertz CT molecular complexity index is 203. The van der Waals surface area contributed by atoms with E-state index in [1.165, 1.54) is 12.8 Å². The number of rotatable bonds is 6. The minimum Gasteiger partial charge on any atom is -0.480 e. The van der Waals surface area contributed by atoms with Gasteiger partial charge in [0.15, 0.2) is 0 Å². The van der Waals surface area contributed by atoms with Crippen molar-refractivity contribution in [3.05, 3.63) is 0 Å². The molecule has 0 aromatic rings. The molecular weight excluding hydrogens is 192 g/mol. The van der Waals surface area contributed by atoms with Crippen LogP contribution in [0.1, 0.15) is 33.1 Å². The van der Waals surface area contributed by atoms with Crippen LogP contribution in [-0.2, 0) is 4.79 Å². The van der Waals surface area contributed by atoms with Crippen molar-refractivity contribution < 1.29 is 9.90 Å². The highest BCUT2D eigenvalue weighted by Gasteiger charge is 2.25. The number of nitrogens with zero attached hydrogens (tertiary/aromatic N) is 1. The summed E-state index contributed by atoms with van der Waals surface area (Å²) in [4.78, 5) is 13.1. The maximum Gasteiger partial charge on any atom is 0.320 e. The van der Waals surface area contributed by atoms with Gasteiger partial charge in [-0.3, -0.25) is 9.69 Å². The molecule has 88 valence electrons. The average Bonchev–Trinajstić information content (AvgIpc) is 2.69. The van der Waals surface area contributed by atoms with Crippen molar-refractivity contribution in [2.45, 2.75) is 45.2 Å². The third-order valence-electron chi connectivity index (χ3n) is 3.14. The van der Waals surface area contributed by atoms with Crippen molar-refractivity contribution >= 4 is 5.97 Å². The van der Waals surface area contributed by atoms with Gasteiger partial charge in [0.1, 0.15) is 6.04 Å². The lowest BCUT2D eigenvalue weighted by Crippen LogP contribution is -2.46. The first kappa shape index (κ1) is 12.5. The quantitative estimate of drug-likeness (QED) is 0.690. The predicted molar refractivity (Wildman–Crippen MR) is 60.0 cm³/mol. The van der Waals surface area contributed by atoms with Gasteiger partial charge in [0.25, 0.3) is 0 Å². The van der Waals surface area contributed by atoms with Crippen LogP contribution in [-0.4, -0.2) is 47.7 Å². The summed E-state index contributed by atoms with van der Waals surface area (Å²) >= 11 is 0. The Hall–Kier alpha value is -0.610. The van der Waals surface area contributed by atoms with Crippen LogP contribution < -0.4 is 5.32 Å². The molecule has 0 aliphatic carbocycles. The first-order valence-corrected chi connectivity index (χ1v) is 5.89. The number of hydrogen-bond donors (Lipinski definition) is 2. The second-order valence-corrected chi connectivity index (χ2v) is 4.14. The van der Waals surface area contributed by atoms with Crippen LogP contribution in [0.5, 0.6) is 0 Å². The lowest BCUT2D eigenvalue weighted by atomic mass is 10.1. The van der Waals surface area contributed by atoms with Crippen LogP contribution in [0.4, 0.5) is 0 Å². The Balaban J connectivity index is 2.48. The topological polar surface area (TPSA) is 52.6 Å². The number of likely N-dealkylation sites (N-methyl/N-ethyl adjacent to an activating group) is 1. The van der Waals surface area contributed by atoms with E-state index in [1.54, 1.807) is 0 Å². The number of hydrogen-bond acceptors (Lipinski definition) is 3. The molecule has 1 fully saturated rings. The largest absolute Gasteiger partial charge is 0.480 e. The molecule has 4 nitrogen and oxygen atoms in total. The molecule has 1 aliphatic heterocycles. The van der Waals surface area contributed by atoms with Crippen molar-refractivity contribution in [1.29, 1.82) is 0 Å². The molecule has 0 aromatic heterocycles. The standard InChI is InChI=1S/C11H22N2O2/c1-3-10(11(14)15)13(4-2)8-9-6-5-7-12-9/h9-10,12H,3-8H2,1-2H3,(H,14,15). The minimum absolute atomic E-state index is 0.322. The van der Waals surface area contributed by atoms with Crippen LogP contribution in [0.3, 0.4) is 0 Å². The summed E-state index contributed by atoms with van der Waals surface area (Å²) in [6.07, 6.45) is 3.06. The zero-order valence-corrected chi connectivity index (χ0v) is 9.70. The number of carboxylic acids is 1. The monoisotopic (exact) mass is 214 g/mol. The van der Waals surface area contributed by atoms with Crippen molar-refractivity contribution in [1.82, 2.24) is 10.2 Å². The maximum atomic E-state index is 11.0. The van der Waals surface area contributed by atoms with Gasteiger partial charge in [-0.2, -0.15) is 0 Å². The molecular formula is C11H22N2O2. The van der Waals surface area contributed by atoms with Gasteiger partial charge in [-0.1, -0.05) is 13.8 Å². The first-order valence-electron chi connectivity index (χ1n) is 5.89. The van der Waals surface area contributed by atoms with E-state index >= 15 is 0 Å². The molecule has 0 spiro atoms. The SMILES string of the molecule is CCC(C(=O)O)N(CC)CC1CCCN1. The fourth-order valence-corrected chi connectivity index (χ4v) is 2.26. The van der Waals surface area contributed by atoms with Crippen LogP contribution in [0.25, 0.3) is 0 Å². The fourth-order valence-electron chi connectivity index (χ4n) is 2.26. The van der Waals surface area contributed by atoms with E-state index in [0.717, 1.165) is 19.6 Å². The van der Waals surface area contributed by atoms with Gasteiger partial charge in [0, 0.05) is 12.6 Å².